The molecule has 0 saturated carbocycles. The van der Waals surface area contributed by atoms with Crippen molar-refractivity contribution in [3.63, 3.8) is 0 Å². The average molecular weight is 237 g/mol. The normalized spacial score (nSPS) is 9.78. The number of rotatable bonds is 4. The molecular formula is C16H15NO. The molecule has 0 bridgehead atoms. The number of nitrogens with zero attached hydrogens (tertiary/aromatic N) is 1. The van der Waals surface area contributed by atoms with Gasteiger partial charge in [0, 0.05) is 6.42 Å². The Balaban J connectivity index is 2.04. The second-order valence-corrected chi connectivity index (χ2v) is 4.22. The maximum Gasteiger partial charge on any atom is 0.127 e. The van der Waals surface area contributed by atoms with E-state index >= 15 is 0 Å². The van der Waals surface area contributed by atoms with E-state index in [1.165, 1.54) is 5.56 Å². The van der Waals surface area contributed by atoms with E-state index in [0.717, 1.165) is 23.5 Å². The molecule has 0 radical (unpaired) electrons. The van der Waals surface area contributed by atoms with Crippen LogP contribution >= 0.6 is 0 Å². The third-order valence-corrected chi connectivity index (χ3v) is 2.67. The van der Waals surface area contributed by atoms with E-state index in [2.05, 4.69) is 6.07 Å². The van der Waals surface area contributed by atoms with Crippen LogP contribution in [0.15, 0.2) is 48.5 Å². The molecule has 0 N–H and O–H groups in total. The third kappa shape index (κ3) is 3.36. The third-order valence-electron chi connectivity index (χ3n) is 2.67. The Morgan fingerprint density at radius 2 is 1.83 bits per heavy atom. The summed E-state index contributed by atoms with van der Waals surface area (Å²) in [5, 5.41) is 8.53. The van der Waals surface area contributed by atoms with Crippen molar-refractivity contribution in [3.8, 4) is 17.6 Å². The van der Waals surface area contributed by atoms with Crippen molar-refractivity contribution >= 4 is 0 Å². The molecule has 2 aromatic rings. The minimum Gasteiger partial charge on any atom is -0.457 e. The van der Waals surface area contributed by atoms with Gasteiger partial charge in [-0.25, -0.2) is 0 Å². The van der Waals surface area contributed by atoms with Gasteiger partial charge < -0.3 is 4.74 Å². The maximum atomic E-state index is 8.53. The van der Waals surface area contributed by atoms with E-state index in [1.54, 1.807) is 0 Å². The van der Waals surface area contributed by atoms with Crippen molar-refractivity contribution in [3.05, 3.63) is 59.7 Å². The summed E-state index contributed by atoms with van der Waals surface area (Å²) in [4.78, 5) is 0. The van der Waals surface area contributed by atoms with Crippen molar-refractivity contribution in [1.29, 1.82) is 5.26 Å². The Bertz CT molecular complexity index is 552. The van der Waals surface area contributed by atoms with Crippen LogP contribution in [0.25, 0.3) is 0 Å². The molecule has 0 spiro atoms. The molecule has 0 heterocycles. The summed E-state index contributed by atoms with van der Waals surface area (Å²) in [6.07, 6.45) is 1.35. The molecule has 18 heavy (non-hydrogen) atoms. The van der Waals surface area contributed by atoms with Gasteiger partial charge in [0.25, 0.3) is 0 Å². The fraction of sp³-hybridized carbons (Fsp3) is 0.188. The zero-order chi connectivity index (χ0) is 12.8. The van der Waals surface area contributed by atoms with Gasteiger partial charge in [-0.1, -0.05) is 24.3 Å². The van der Waals surface area contributed by atoms with Crippen molar-refractivity contribution in [2.75, 3.05) is 0 Å². The summed E-state index contributed by atoms with van der Waals surface area (Å²) < 4.78 is 5.75. The molecule has 2 rings (SSSR count). The van der Waals surface area contributed by atoms with E-state index in [1.807, 2.05) is 55.5 Å². The molecule has 90 valence electrons. The zero-order valence-electron chi connectivity index (χ0n) is 10.4. The lowest BCUT2D eigenvalue weighted by atomic mass is 10.1. The fourth-order valence-electron chi connectivity index (χ4n) is 1.74. The number of benzene rings is 2. The Kier molecular flexibility index (Phi) is 3.98. The van der Waals surface area contributed by atoms with Crippen LogP contribution in [0.4, 0.5) is 0 Å². The molecule has 0 aliphatic heterocycles. The van der Waals surface area contributed by atoms with Crippen molar-refractivity contribution in [2.45, 2.75) is 19.8 Å². The highest BCUT2D eigenvalue weighted by atomic mass is 16.5. The van der Waals surface area contributed by atoms with Gasteiger partial charge in [-0.05, 0) is 48.7 Å². The lowest BCUT2D eigenvalue weighted by Gasteiger charge is -2.07. The number of hydrogen-bond donors (Lipinski definition) is 0. The second kappa shape index (κ2) is 5.88. The SMILES string of the molecule is Cc1cccc(Oc2ccc(CCC#N)cc2)c1. The summed E-state index contributed by atoms with van der Waals surface area (Å²) >= 11 is 0. The van der Waals surface area contributed by atoms with Gasteiger partial charge in [0.1, 0.15) is 11.5 Å². The Labute approximate surface area is 107 Å². The predicted molar refractivity (Wildman–Crippen MR) is 71.6 cm³/mol. The molecule has 0 atom stereocenters. The van der Waals surface area contributed by atoms with Crippen LogP contribution < -0.4 is 4.74 Å². The van der Waals surface area contributed by atoms with E-state index in [4.69, 9.17) is 10.00 Å². The summed E-state index contributed by atoms with van der Waals surface area (Å²) in [6, 6.07) is 18.0. The van der Waals surface area contributed by atoms with Gasteiger partial charge >= 0.3 is 0 Å². The van der Waals surface area contributed by atoms with E-state index < -0.39 is 0 Å². The first-order chi connectivity index (χ1) is 8.78. The zero-order valence-corrected chi connectivity index (χ0v) is 10.4. The minimum atomic E-state index is 0.554. The highest BCUT2D eigenvalue weighted by Crippen LogP contribution is 2.22. The first-order valence-corrected chi connectivity index (χ1v) is 5.98. The van der Waals surface area contributed by atoms with Crippen LogP contribution in [0.5, 0.6) is 11.5 Å². The Morgan fingerprint density at radius 3 is 2.50 bits per heavy atom. The van der Waals surface area contributed by atoms with Crippen LogP contribution in [-0.4, -0.2) is 0 Å². The van der Waals surface area contributed by atoms with Crippen molar-refractivity contribution in [1.82, 2.24) is 0 Å². The van der Waals surface area contributed by atoms with E-state index in [-0.39, 0.29) is 0 Å². The minimum absolute atomic E-state index is 0.554. The molecule has 2 nitrogen and oxygen atoms in total. The molecule has 0 unspecified atom stereocenters. The predicted octanol–water partition coefficient (Wildman–Crippen LogP) is 4.24. The Morgan fingerprint density at radius 1 is 1.06 bits per heavy atom. The van der Waals surface area contributed by atoms with Gasteiger partial charge in [-0.3, -0.25) is 0 Å². The standard InChI is InChI=1S/C16H15NO/c1-13-4-2-6-16(12-13)18-15-9-7-14(8-10-15)5-3-11-17/h2,4,6-10,12H,3,5H2,1H3. The quantitative estimate of drug-likeness (QED) is 0.796. The highest BCUT2D eigenvalue weighted by Gasteiger charge is 1.98. The van der Waals surface area contributed by atoms with E-state index in [0.29, 0.717) is 6.42 Å². The second-order valence-electron chi connectivity index (χ2n) is 4.22. The molecule has 0 amide bonds. The Hall–Kier alpha value is -2.27. The highest BCUT2D eigenvalue weighted by molar-refractivity contribution is 5.35. The summed E-state index contributed by atoms with van der Waals surface area (Å²) in [5.41, 5.74) is 2.34. The van der Waals surface area contributed by atoms with Crippen LogP contribution in [0.3, 0.4) is 0 Å². The van der Waals surface area contributed by atoms with Gasteiger partial charge in [-0.15, -0.1) is 0 Å². The fourth-order valence-corrected chi connectivity index (χ4v) is 1.74. The smallest absolute Gasteiger partial charge is 0.127 e. The van der Waals surface area contributed by atoms with Crippen LogP contribution in [-0.2, 0) is 6.42 Å². The molecule has 0 fully saturated rings. The first kappa shape index (κ1) is 12.2. The molecule has 2 heteroatoms. The lowest BCUT2D eigenvalue weighted by molar-refractivity contribution is 0.482. The average Bonchev–Trinajstić information content (AvgIpc) is 2.38. The largest absolute Gasteiger partial charge is 0.457 e. The van der Waals surface area contributed by atoms with Crippen LogP contribution in [0, 0.1) is 18.3 Å². The van der Waals surface area contributed by atoms with Crippen LogP contribution in [0.2, 0.25) is 0 Å². The molecule has 0 aliphatic rings. The molecule has 0 aromatic heterocycles. The molecular weight excluding hydrogens is 222 g/mol. The summed E-state index contributed by atoms with van der Waals surface area (Å²) in [5.74, 6) is 1.67. The number of aryl methyl sites for hydroxylation is 2. The van der Waals surface area contributed by atoms with Gasteiger partial charge in [0.2, 0.25) is 0 Å². The van der Waals surface area contributed by atoms with Gasteiger partial charge in [0.15, 0.2) is 0 Å². The maximum absolute atomic E-state index is 8.53. The van der Waals surface area contributed by atoms with Gasteiger partial charge in [0.05, 0.1) is 6.07 Å². The number of nitriles is 1. The molecule has 0 aliphatic carbocycles. The molecule has 2 aromatic carbocycles. The summed E-state index contributed by atoms with van der Waals surface area (Å²) in [6.45, 7) is 2.04. The van der Waals surface area contributed by atoms with E-state index in [9.17, 15) is 0 Å². The first-order valence-electron chi connectivity index (χ1n) is 5.98. The number of hydrogen-bond acceptors (Lipinski definition) is 2. The van der Waals surface area contributed by atoms with Gasteiger partial charge in [-0.2, -0.15) is 5.26 Å². The monoisotopic (exact) mass is 237 g/mol. The number of ether oxygens (including phenoxy) is 1. The van der Waals surface area contributed by atoms with Crippen molar-refractivity contribution in [2.24, 2.45) is 0 Å². The lowest BCUT2D eigenvalue weighted by Crippen LogP contribution is -1.87. The molecule has 0 saturated heterocycles. The van der Waals surface area contributed by atoms with Crippen molar-refractivity contribution < 1.29 is 4.74 Å². The summed E-state index contributed by atoms with van der Waals surface area (Å²) in [7, 11) is 0. The topological polar surface area (TPSA) is 33.0 Å². The van der Waals surface area contributed by atoms with Crippen LogP contribution in [0.1, 0.15) is 17.5 Å².